The number of carbonyl (C=O) groups is 1. The van der Waals surface area contributed by atoms with Crippen molar-refractivity contribution in [3.63, 3.8) is 0 Å². The zero-order chi connectivity index (χ0) is 21.1. The maximum absolute atomic E-state index is 12.8. The summed E-state index contributed by atoms with van der Waals surface area (Å²) in [6, 6.07) is 15.1. The summed E-state index contributed by atoms with van der Waals surface area (Å²) in [5.74, 6) is 1.13. The molecule has 30 heavy (non-hydrogen) atoms. The molecule has 1 N–H and O–H groups in total. The summed E-state index contributed by atoms with van der Waals surface area (Å²) in [6.07, 6.45) is 4.93. The number of rotatable bonds is 5. The number of benzene rings is 2. The number of aryl methyl sites for hydroxylation is 1. The molecule has 150 valence electrons. The van der Waals surface area contributed by atoms with Crippen LogP contribution in [0.2, 0.25) is 5.02 Å². The Morgan fingerprint density at radius 1 is 1.07 bits per heavy atom. The number of nitrogens with zero attached hydrogens (tertiary/aromatic N) is 2. The number of carbonyl (C=O) groups excluding carboxylic acids is 1. The number of ether oxygens (including phenoxy) is 1. The summed E-state index contributed by atoms with van der Waals surface area (Å²) >= 11 is 6.12. The predicted octanol–water partition coefficient (Wildman–Crippen LogP) is 5.62. The molecule has 2 aromatic heterocycles. The van der Waals surface area contributed by atoms with Gasteiger partial charge in [-0.05, 0) is 61.4 Å². The first kappa shape index (κ1) is 19.9. The van der Waals surface area contributed by atoms with E-state index in [9.17, 15) is 4.79 Å². The SMILES string of the molecule is Cc1ccc2c(Oc3cccc(C(=O)NCc4ccncc4Cl)c3C)ccnc2c1. The Labute approximate surface area is 179 Å². The normalized spacial score (nSPS) is 10.8. The van der Waals surface area contributed by atoms with E-state index in [4.69, 9.17) is 16.3 Å². The number of amides is 1. The molecule has 0 spiro atoms. The second kappa shape index (κ2) is 8.51. The second-order valence-corrected chi connectivity index (χ2v) is 7.42. The van der Waals surface area contributed by atoms with Gasteiger partial charge in [0.1, 0.15) is 11.5 Å². The van der Waals surface area contributed by atoms with Crippen LogP contribution in [0.4, 0.5) is 0 Å². The number of nitrogens with one attached hydrogen (secondary N) is 1. The Hall–Kier alpha value is -3.44. The number of aromatic nitrogens is 2. The van der Waals surface area contributed by atoms with Crippen LogP contribution in [0, 0.1) is 13.8 Å². The first-order chi connectivity index (χ1) is 14.5. The van der Waals surface area contributed by atoms with Gasteiger partial charge in [-0.1, -0.05) is 23.7 Å². The quantitative estimate of drug-likeness (QED) is 0.457. The fourth-order valence-corrected chi connectivity index (χ4v) is 3.41. The van der Waals surface area contributed by atoms with Gasteiger partial charge in [-0.2, -0.15) is 0 Å². The highest BCUT2D eigenvalue weighted by molar-refractivity contribution is 6.31. The molecular formula is C24H20ClN3O2. The van der Waals surface area contributed by atoms with Crippen LogP contribution >= 0.6 is 11.6 Å². The van der Waals surface area contributed by atoms with E-state index in [0.717, 1.165) is 27.6 Å². The number of halogens is 1. The van der Waals surface area contributed by atoms with Crippen LogP contribution in [-0.2, 0) is 6.54 Å². The largest absolute Gasteiger partial charge is 0.456 e. The van der Waals surface area contributed by atoms with Crippen molar-refractivity contribution in [2.45, 2.75) is 20.4 Å². The lowest BCUT2D eigenvalue weighted by Gasteiger charge is -2.14. The van der Waals surface area contributed by atoms with Crippen LogP contribution in [-0.4, -0.2) is 15.9 Å². The lowest BCUT2D eigenvalue weighted by Crippen LogP contribution is -2.23. The lowest BCUT2D eigenvalue weighted by atomic mass is 10.1. The zero-order valence-corrected chi connectivity index (χ0v) is 17.4. The summed E-state index contributed by atoms with van der Waals surface area (Å²) in [7, 11) is 0. The van der Waals surface area contributed by atoms with Crippen molar-refractivity contribution in [3.05, 3.63) is 94.4 Å². The van der Waals surface area contributed by atoms with Crippen LogP contribution in [0.3, 0.4) is 0 Å². The lowest BCUT2D eigenvalue weighted by molar-refractivity contribution is 0.0950. The van der Waals surface area contributed by atoms with Crippen molar-refractivity contribution in [3.8, 4) is 11.5 Å². The molecule has 0 aliphatic rings. The smallest absolute Gasteiger partial charge is 0.251 e. The summed E-state index contributed by atoms with van der Waals surface area (Å²) in [5, 5.41) is 4.35. The molecular weight excluding hydrogens is 398 g/mol. The maximum Gasteiger partial charge on any atom is 0.251 e. The average Bonchev–Trinajstić information content (AvgIpc) is 2.74. The molecule has 0 unspecified atom stereocenters. The minimum absolute atomic E-state index is 0.193. The van der Waals surface area contributed by atoms with Crippen LogP contribution in [0.1, 0.15) is 27.0 Å². The topological polar surface area (TPSA) is 64.1 Å². The molecule has 0 bridgehead atoms. The first-order valence-corrected chi connectivity index (χ1v) is 9.90. The van der Waals surface area contributed by atoms with Crippen molar-refractivity contribution in [2.24, 2.45) is 0 Å². The average molecular weight is 418 g/mol. The van der Waals surface area contributed by atoms with E-state index in [2.05, 4.69) is 15.3 Å². The standard InChI is InChI=1S/C24H20ClN3O2/c1-15-6-7-19-21(12-15)27-11-9-23(19)30-22-5-3-4-18(16(22)2)24(29)28-13-17-8-10-26-14-20(17)25/h3-12,14H,13H2,1-2H3,(H,28,29). The Kier molecular flexibility index (Phi) is 5.63. The minimum atomic E-state index is -0.193. The zero-order valence-electron chi connectivity index (χ0n) is 16.6. The van der Waals surface area contributed by atoms with Crippen molar-refractivity contribution >= 4 is 28.4 Å². The van der Waals surface area contributed by atoms with Crippen molar-refractivity contribution in [1.29, 1.82) is 0 Å². The summed E-state index contributed by atoms with van der Waals surface area (Å²) in [6.45, 7) is 4.22. The molecule has 4 aromatic rings. The summed E-state index contributed by atoms with van der Waals surface area (Å²) in [5.41, 5.74) is 4.12. The molecule has 0 saturated carbocycles. The monoisotopic (exact) mass is 417 g/mol. The third kappa shape index (κ3) is 4.11. The molecule has 6 heteroatoms. The number of fused-ring (bicyclic) bond motifs is 1. The van der Waals surface area contributed by atoms with Gasteiger partial charge < -0.3 is 10.1 Å². The fraction of sp³-hybridized carbons (Fsp3) is 0.125. The van der Waals surface area contributed by atoms with Crippen LogP contribution in [0.25, 0.3) is 10.9 Å². The molecule has 5 nitrogen and oxygen atoms in total. The van der Waals surface area contributed by atoms with Crippen LogP contribution < -0.4 is 10.1 Å². The number of pyridine rings is 2. The predicted molar refractivity (Wildman–Crippen MR) is 118 cm³/mol. The first-order valence-electron chi connectivity index (χ1n) is 9.52. The van der Waals surface area contributed by atoms with E-state index < -0.39 is 0 Å². The van der Waals surface area contributed by atoms with Gasteiger partial charge in [0.15, 0.2) is 0 Å². The number of hydrogen-bond donors (Lipinski definition) is 1. The minimum Gasteiger partial charge on any atom is -0.456 e. The molecule has 4 rings (SSSR count). The highest BCUT2D eigenvalue weighted by Crippen LogP contribution is 2.32. The molecule has 0 saturated heterocycles. The fourth-order valence-electron chi connectivity index (χ4n) is 3.23. The Morgan fingerprint density at radius 3 is 2.77 bits per heavy atom. The Balaban J connectivity index is 1.58. The Bertz CT molecular complexity index is 1240. The van der Waals surface area contributed by atoms with Crippen LogP contribution in [0.5, 0.6) is 11.5 Å². The molecule has 1 amide bonds. The highest BCUT2D eigenvalue weighted by atomic mass is 35.5. The molecule has 0 aliphatic heterocycles. The van der Waals surface area contributed by atoms with E-state index in [0.29, 0.717) is 28.6 Å². The molecule has 0 radical (unpaired) electrons. The van der Waals surface area contributed by atoms with Gasteiger partial charge in [-0.25, -0.2) is 0 Å². The Morgan fingerprint density at radius 2 is 1.93 bits per heavy atom. The molecule has 2 aromatic carbocycles. The maximum atomic E-state index is 12.8. The van der Waals surface area contributed by atoms with Gasteiger partial charge in [-0.15, -0.1) is 0 Å². The van der Waals surface area contributed by atoms with E-state index >= 15 is 0 Å². The molecule has 0 aliphatic carbocycles. The second-order valence-electron chi connectivity index (χ2n) is 7.01. The van der Waals surface area contributed by atoms with Gasteiger partial charge in [0.25, 0.3) is 5.91 Å². The summed E-state index contributed by atoms with van der Waals surface area (Å²) in [4.78, 5) is 21.1. The molecule has 0 atom stereocenters. The van der Waals surface area contributed by atoms with Gasteiger partial charge in [0.05, 0.1) is 10.5 Å². The van der Waals surface area contributed by atoms with Crippen LogP contribution in [0.15, 0.2) is 67.1 Å². The summed E-state index contributed by atoms with van der Waals surface area (Å²) < 4.78 is 6.19. The number of hydrogen-bond acceptors (Lipinski definition) is 4. The third-order valence-electron chi connectivity index (χ3n) is 4.90. The van der Waals surface area contributed by atoms with E-state index in [1.165, 1.54) is 0 Å². The van der Waals surface area contributed by atoms with Crippen molar-refractivity contribution in [2.75, 3.05) is 0 Å². The third-order valence-corrected chi connectivity index (χ3v) is 5.24. The van der Waals surface area contributed by atoms with E-state index in [1.807, 2.05) is 50.2 Å². The van der Waals surface area contributed by atoms with E-state index in [1.54, 1.807) is 30.7 Å². The molecule has 2 heterocycles. The van der Waals surface area contributed by atoms with Crippen molar-refractivity contribution in [1.82, 2.24) is 15.3 Å². The van der Waals surface area contributed by atoms with Gasteiger partial charge in [0.2, 0.25) is 0 Å². The van der Waals surface area contributed by atoms with Gasteiger partial charge >= 0.3 is 0 Å². The molecule has 0 fully saturated rings. The van der Waals surface area contributed by atoms with Gasteiger partial charge in [0, 0.05) is 41.6 Å². The van der Waals surface area contributed by atoms with Crippen molar-refractivity contribution < 1.29 is 9.53 Å². The highest BCUT2D eigenvalue weighted by Gasteiger charge is 2.14. The van der Waals surface area contributed by atoms with E-state index in [-0.39, 0.29) is 5.91 Å². The van der Waals surface area contributed by atoms with Gasteiger partial charge in [-0.3, -0.25) is 14.8 Å².